The lowest BCUT2D eigenvalue weighted by Crippen LogP contribution is -2.36. The quantitative estimate of drug-likeness (QED) is 0.875. The van der Waals surface area contributed by atoms with Crippen molar-refractivity contribution in [2.75, 3.05) is 13.7 Å². The van der Waals surface area contributed by atoms with E-state index in [1.54, 1.807) is 0 Å². The van der Waals surface area contributed by atoms with Crippen molar-refractivity contribution in [2.24, 2.45) is 0 Å². The summed E-state index contributed by atoms with van der Waals surface area (Å²) >= 11 is 0. The van der Waals surface area contributed by atoms with Crippen molar-refractivity contribution in [3.05, 3.63) is 23.5 Å². The van der Waals surface area contributed by atoms with E-state index in [4.69, 9.17) is 14.6 Å². The molecular weight excluding hydrogens is 300 g/mol. The highest BCUT2D eigenvalue weighted by atomic mass is 16.5. The molecule has 1 aromatic heterocycles. The highest BCUT2D eigenvalue weighted by Crippen LogP contribution is 2.40. The third-order valence-corrected chi connectivity index (χ3v) is 4.55. The van der Waals surface area contributed by atoms with Gasteiger partial charge in [0.25, 0.3) is 5.91 Å². The molecular formula is C16H20N2O5. The van der Waals surface area contributed by atoms with Crippen molar-refractivity contribution in [1.29, 1.82) is 0 Å². The Labute approximate surface area is 134 Å². The van der Waals surface area contributed by atoms with E-state index in [0.29, 0.717) is 6.61 Å². The normalized spacial score (nSPS) is 22.2. The number of hydrogen-bond acceptors (Lipinski definition) is 5. The molecule has 1 aromatic rings. The minimum Gasteiger partial charge on any atom is -0.497 e. The number of nitrogens with zero attached hydrogens (tertiary/aromatic N) is 1. The van der Waals surface area contributed by atoms with Gasteiger partial charge in [-0.3, -0.25) is 4.79 Å². The molecule has 2 fully saturated rings. The topological polar surface area (TPSA) is 97.8 Å². The monoisotopic (exact) mass is 320 g/mol. The molecule has 1 saturated heterocycles. The van der Waals surface area contributed by atoms with Gasteiger partial charge < -0.3 is 19.9 Å². The average molecular weight is 320 g/mol. The maximum absolute atomic E-state index is 12.4. The van der Waals surface area contributed by atoms with E-state index in [9.17, 15) is 9.59 Å². The molecule has 0 aromatic carbocycles. The standard InChI is InChI=1S/C16H20N2O5/c1-22-11-6-12(18-13(7-11)15(20)21)14(19)17-10-8-16(23-9-10)4-2-3-5-16/h6-7,10H,2-5,8-9H2,1H3,(H,17,19)(H,20,21). The molecule has 1 unspecified atom stereocenters. The van der Waals surface area contributed by atoms with Gasteiger partial charge in [-0.1, -0.05) is 12.8 Å². The largest absolute Gasteiger partial charge is 0.497 e. The van der Waals surface area contributed by atoms with Crippen molar-refractivity contribution in [2.45, 2.75) is 43.7 Å². The van der Waals surface area contributed by atoms with Gasteiger partial charge in [0.2, 0.25) is 0 Å². The van der Waals surface area contributed by atoms with Crippen molar-refractivity contribution in [3.63, 3.8) is 0 Å². The van der Waals surface area contributed by atoms with Crippen LogP contribution in [0.3, 0.4) is 0 Å². The number of hydrogen-bond donors (Lipinski definition) is 2. The number of amides is 1. The summed E-state index contributed by atoms with van der Waals surface area (Å²) in [5.41, 5.74) is -0.259. The van der Waals surface area contributed by atoms with Gasteiger partial charge in [-0.05, 0) is 19.3 Å². The summed E-state index contributed by atoms with van der Waals surface area (Å²) in [5.74, 6) is -1.32. The summed E-state index contributed by atoms with van der Waals surface area (Å²) in [6, 6.07) is 2.65. The van der Waals surface area contributed by atoms with E-state index >= 15 is 0 Å². The number of ether oxygens (including phenoxy) is 2. The Hall–Kier alpha value is -2.15. The lowest BCUT2D eigenvalue weighted by Gasteiger charge is -2.21. The maximum atomic E-state index is 12.4. The van der Waals surface area contributed by atoms with E-state index in [1.165, 1.54) is 32.1 Å². The minimum absolute atomic E-state index is 0.0362. The fourth-order valence-corrected chi connectivity index (χ4v) is 3.41. The fourth-order valence-electron chi connectivity index (χ4n) is 3.41. The van der Waals surface area contributed by atoms with Crippen molar-refractivity contribution < 1.29 is 24.2 Å². The lowest BCUT2D eigenvalue weighted by atomic mass is 9.96. The summed E-state index contributed by atoms with van der Waals surface area (Å²) in [7, 11) is 1.41. The first-order valence-electron chi connectivity index (χ1n) is 7.75. The van der Waals surface area contributed by atoms with E-state index in [-0.39, 0.29) is 28.8 Å². The summed E-state index contributed by atoms with van der Waals surface area (Å²) < 4.78 is 10.9. The molecule has 23 heavy (non-hydrogen) atoms. The summed E-state index contributed by atoms with van der Waals surface area (Å²) in [5, 5.41) is 12.0. The third kappa shape index (κ3) is 3.29. The molecule has 1 aliphatic heterocycles. The highest BCUT2D eigenvalue weighted by Gasteiger charge is 2.42. The van der Waals surface area contributed by atoms with Crippen LogP contribution in [-0.4, -0.2) is 47.3 Å². The number of rotatable bonds is 4. The van der Waals surface area contributed by atoms with Crippen molar-refractivity contribution in [1.82, 2.24) is 10.3 Å². The lowest BCUT2D eigenvalue weighted by molar-refractivity contribution is 0.00987. The molecule has 1 spiro atoms. The zero-order valence-corrected chi connectivity index (χ0v) is 13.0. The number of pyridine rings is 1. The Morgan fingerprint density at radius 2 is 2.04 bits per heavy atom. The van der Waals surface area contributed by atoms with Crippen molar-refractivity contribution in [3.8, 4) is 5.75 Å². The van der Waals surface area contributed by atoms with Crippen LogP contribution in [0, 0.1) is 0 Å². The number of carbonyl (C=O) groups is 2. The molecule has 0 bridgehead atoms. The summed E-state index contributed by atoms with van der Waals surface area (Å²) in [4.78, 5) is 27.3. The molecule has 7 nitrogen and oxygen atoms in total. The molecule has 2 aliphatic rings. The first-order valence-corrected chi connectivity index (χ1v) is 7.75. The summed E-state index contributed by atoms with van der Waals surface area (Å²) in [6.07, 6.45) is 5.22. The van der Waals surface area contributed by atoms with Gasteiger partial charge >= 0.3 is 5.97 Å². The second-order valence-electron chi connectivity index (χ2n) is 6.16. The molecule has 1 aliphatic carbocycles. The van der Waals surface area contributed by atoms with Crippen LogP contribution >= 0.6 is 0 Å². The van der Waals surface area contributed by atoms with Gasteiger partial charge in [0.1, 0.15) is 11.4 Å². The van der Waals surface area contributed by atoms with Gasteiger partial charge in [-0.2, -0.15) is 0 Å². The average Bonchev–Trinajstić information content (AvgIpc) is 3.17. The van der Waals surface area contributed by atoms with Crippen LogP contribution in [0.1, 0.15) is 53.1 Å². The van der Waals surface area contributed by atoms with Crippen LogP contribution in [0.4, 0.5) is 0 Å². The van der Waals surface area contributed by atoms with Gasteiger partial charge in [-0.25, -0.2) is 9.78 Å². The van der Waals surface area contributed by atoms with Crippen LogP contribution in [0.2, 0.25) is 0 Å². The second-order valence-corrected chi connectivity index (χ2v) is 6.16. The van der Waals surface area contributed by atoms with Crippen molar-refractivity contribution >= 4 is 11.9 Å². The molecule has 2 N–H and O–H groups in total. The Bertz CT molecular complexity index is 625. The zero-order valence-electron chi connectivity index (χ0n) is 13.0. The fraction of sp³-hybridized carbons (Fsp3) is 0.562. The first kappa shape index (κ1) is 15.7. The van der Waals surface area contributed by atoms with Gasteiger partial charge in [0, 0.05) is 12.1 Å². The number of carboxylic acid groups (broad SMARTS) is 1. The number of aromatic carboxylic acids is 1. The van der Waals surface area contributed by atoms with E-state index in [1.807, 2.05) is 0 Å². The molecule has 1 saturated carbocycles. The smallest absolute Gasteiger partial charge is 0.354 e. The minimum atomic E-state index is -1.20. The molecule has 124 valence electrons. The first-order chi connectivity index (χ1) is 11.0. The van der Waals surface area contributed by atoms with Crippen LogP contribution < -0.4 is 10.1 Å². The number of aromatic nitrogens is 1. The van der Waals surface area contributed by atoms with Gasteiger partial charge in [0.15, 0.2) is 5.69 Å². The molecule has 1 atom stereocenters. The Morgan fingerprint density at radius 3 is 2.70 bits per heavy atom. The Morgan fingerprint density at radius 1 is 1.35 bits per heavy atom. The third-order valence-electron chi connectivity index (χ3n) is 4.55. The molecule has 2 heterocycles. The predicted octanol–water partition coefficient (Wildman–Crippen LogP) is 1.62. The second kappa shape index (κ2) is 6.16. The number of methoxy groups -OCH3 is 1. The molecule has 3 rings (SSSR count). The summed E-state index contributed by atoms with van der Waals surface area (Å²) in [6.45, 7) is 0.488. The number of carboxylic acids is 1. The highest BCUT2D eigenvalue weighted by molar-refractivity contribution is 5.95. The van der Waals surface area contributed by atoms with Crippen LogP contribution in [0.25, 0.3) is 0 Å². The Kier molecular flexibility index (Phi) is 4.21. The van der Waals surface area contributed by atoms with E-state index in [2.05, 4.69) is 10.3 Å². The molecule has 7 heteroatoms. The Balaban J connectivity index is 1.71. The number of carbonyl (C=O) groups excluding carboxylic acids is 1. The van der Waals surface area contributed by atoms with E-state index in [0.717, 1.165) is 19.3 Å². The molecule has 0 radical (unpaired) electrons. The molecule has 1 amide bonds. The SMILES string of the molecule is COc1cc(C(=O)O)nc(C(=O)NC2COC3(CCCC3)C2)c1. The van der Waals surface area contributed by atoms with Gasteiger partial charge in [-0.15, -0.1) is 0 Å². The maximum Gasteiger partial charge on any atom is 0.354 e. The van der Waals surface area contributed by atoms with Gasteiger partial charge in [0.05, 0.1) is 25.4 Å². The van der Waals surface area contributed by atoms with Crippen LogP contribution in [0.5, 0.6) is 5.75 Å². The van der Waals surface area contributed by atoms with E-state index < -0.39 is 11.9 Å². The van der Waals surface area contributed by atoms with Crippen LogP contribution in [-0.2, 0) is 4.74 Å². The van der Waals surface area contributed by atoms with Crippen LogP contribution in [0.15, 0.2) is 12.1 Å². The predicted molar refractivity (Wildman–Crippen MR) is 80.8 cm³/mol. The number of nitrogens with one attached hydrogen (secondary N) is 1. The zero-order chi connectivity index (χ0) is 16.4.